The van der Waals surface area contributed by atoms with Gasteiger partial charge in [-0.15, -0.1) is 6.58 Å². The third-order valence-corrected chi connectivity index (χ3v) is 10.9. The third kappa shape index (κ3) is 7.96. The van der Waals surface area contributed by atoms with Gasteiger partial charge in [0, 0.05) is 31.0 Å². The van der Waals surface area contributed by atoms with Gasteiger partial charge in [0.1, 0.15) is 35.1 Å². The van der Waals surface area contributed by atoms with Crippen LogP contribution in [0.3, 0.4) is 0 Å². The second-order valence-electron chi connectivity index (χ2n) is 13.9. The molecule has 2 heterocycles. The Balaban J connectivity index is 1.44. The summed E-state index contributed by atoms with van der Waals surface area (Å²) in [5.41, 5.74) is -2.43. The van der Waals surface area contributed by atoms with E-state index in [0.29, 0.717) is 24.0 Å². The summed E-state index contributed by atoms with van der Waals surface area (Å²) in [6, 6.07) is 4.71. The lowest BCUT2D eigenvalue weighted by molar-refractivity contribution is -0.143. The van der Waals surface area contributed by atoms with E-state index in [1.54, 1.807) is 59.2 Å². The lowest BCUT2D eigenvalue weighted by atomic mass is 10.1. The van der Waals surface area contributed by atoms with Gasteiger partial charge in [-0.2, -0.15) is 0 Å². The van der Waals surface area contributed by atoms with E-state index in [2.05, 4.69) is 26.9 Å². The van der Waals surface area contributed by atoms with Crippen LogP contribution in [0.5, 0.6) is 11.6 Å². The molecule has 272 valence electrons. The molecule has 3 fully saturated rings. The van der Waals surface area contributed by atoms with Gasteiger partial charge in [-0.25, -0.2) is 18.2 Å². The summed E-state index contributed by atoms with van der Waals surface area (Å²) >= 11 is 0. The molecule has 5 rings (SSSR count). The smallest absolute Gasteiger partial charge is 0.408 e. The molecule has 6 atom stereocenters. The second kappa shape index (κ2) is 14.1. The largest absolute Gasteiger partial charge is 0.497 e. The molecule has 50 heavy (non-hydrogen) atoms. The fourth-order valence-corrected chi connectivity index (χ4v) is 7.39. The SMILES string of the molecule is C=CC1CC1(NC(=O)C1CC(Oc2nccc3cc(OC)ccc23)CN1C(=O)C(NC(=O)OC(C)(C)C)C(C)OC)C(=O)NS(=O)(=O)C1CC1. The van der Waals surface area contributed by atoms with Crippen molar-refractivity contribution in [2.24, 2.45) is 5.92 Å². The van der Waals surface area contributed by atoms with Crippen LogP contribution in [-0.4, -0.2) is 104 Å². The molecule has 3 aliphatic rings. The predicted molar refractivity (Wildman–Crippen MR) is 182 cm³/mol. The number of ether oxygens (including phenoxy) is 4. The van der Waals surface area contributed by atoms with Crippen LogP contribution in [-0.2, 0) is 33.9 Å². The number of methoxy groups -OCH3 is 2. The molecule has 1 aliphatic heterocycles. The van der Waals surface area contributed by atoms with Crippen LogP contribution in [0.4, 0.5) is 4.79 Å². The van der Waals surface area contributed by atoms with Crippen LogP contribution in [0.25, 0.3) is 10.8 Å². The number of aromatic nitrogens is 1. The number of hydrogen-bond donors (Lipinski definition) is 3. The number of alkyl carbamates (subject to hydrolysis) is 1. The molecule has 2 aliphatic carbocycles. The summed E-state index contributed by atoms with van der Waals surface area (Å²) in [5.74, 6) is -1.85. The Hall–Kier alpha value is -4.44. The van der Waals surface area contributed by atoms with Crippen LogP contribution in [0.1, 0.15) is 53.4 Å². The van der Waals surface area contributed by atoms with Gasteiger partial charge < -0.3 is 34.5 Å². The lowest BCUT2D eigenvalue weighted by Gasteiger charge is -2.32. The molecule has 1 aromatic carbocycles. The van der Waals surface area contributed by atoms with Crippen LogP contribution in [0, 0.1) is 5.92 Å². The van der Waals surface area contributed by atoms with Gasteiger partial charge in [0.2, 0.25) is 27.7 Å². The summed E-state index contributed by atoms with van der Waals surface area (Å²) in [6.07, 6.45) is 1.62. The van der Waals surface area contributed by atoms with E-state index in [1.807, 2.05) is 6.07 Å². The minimum absolute atomic E-state index is 0.0108. The Bertz CT molecular complexity index is 1770. The van der Waals surface area contributed by atoms with E-state index in [-0.39, 0.29) is 25.3 Å². The first kappa shape index (κ1) is 36.8. The first-order valence-corrected chi connectivity index (χ1v) is 18.0. The normalized spacial score (nSPS) is 24.4. The maximum absolute atomic E-state index is 14.3. The number of benzene rings is 1. The first-order valence-electron chi connectivity index (χ1n) is 16.4. The van der Waals surface area contributed by atoms with Crippen LogP contribution < -0.4 is 24.8 Å². The van der Waals surface area contributed by atoms with Gasteiger partial charge in [-0.05, 0) is 76.6 Å². The molecule has 0 radical (unpaired) electrons. The van der Waals surface area contributed by atoms with E-state index in [4.69, 9.17) is 18.9 Å². The Morgan fingerprint density at radius 2 is 1.86 bits per heavy atom. The lowest BCUT2D eigenvalue weighted by Crippen LogP contribution is -2.60. The fraction of sp³-hybridized carbons (Fsp3) is 0.559. The molecule has 1 aromatic heterocycles. The maximum atomic E-state index is 14.3. The van der Waals surface area contributed by atoms with E-state index in [9.17, 15) is 27.6 Å². The number of nitrogens with one attached hydrogen (secondary N) is 3. The number of sulfonamides is 1. The van der Waals surface area contributed by atoms with Crippen LogP contribution in [0.15, 0.2) is 43.1 Å². The molecule has 16 heteroatoms. The number of likely N-dealkylation sites (tertiary alicyclic amines) is 1. The number of hydrogen-bond acceptors (Lipinski definition) is 11. The Morgan fingerprint density at radius 1 is 1.14 bits per heavy atom. The molecule has 2 aromatic rings. The highest BCUT2D eigenvalue weighted by atomic mass is 32.2. The zero-order valence-corrected chi connectivity index (χ0v) is 29.9. The Morgan fingerprint density at radius 3 is 2.46 bits per heavy atom. The molecular weight excluding hydrogens is 670 g/mol. The van der Waals surface area contributed by atoms with Crippen molar-refractivity contribution >= 4 is 44.6 Å². The maximum Gasteiger partial charge on any atom is 0.408 e. The number of rotatable bonds is 13. The molecule has 3 N–H and O–H groups in total. The van der Waals surface area contributed by atoms with E-state index in [1.165, 1.54) is 18.1 Å². The Labute approximate surface area is 291 Å². The Kier molecular flexibility index (Phi) is 10.4. The van der Waals surface area contributed by atoms with Crippen LogP contribution >= 0.6 is 0 Å². The number of nitrogens with zero attached hydrogens (tertiary/aromatic N) is 2. The van der Waals surface area contributed by atoms with Gasteiger partial charge in [0.15, 0.2) is 0 Å². The van der Waals surface area contributed by atoms with Gasteiger partial charge in [-0.3, -0.25) is 19.1 Å². The average Bonchev–Trinajstić information content (AvgIpc) is 3.98. The van der Waals surface area contributed by atoms with E-state index in [0.717, 1.165) is 5.39 Å². The quantitative estimate of drug-likeness (QED) is 0.258. The molecule has 4 amide bonds. The number of carbonyl (C=O) groups is 4. The standard InChI is InChI=1S/C34H45N5O10S/c1-8-21-17-34(21,31(42)38-50(44,45)24-10-11-24)37-28(40)26-16-23(48-29-25-12-9-22(47-7)15-20(25)13-14-35-29)18-39(26)30(41)27(19(2)46-6)36-32(43)49-33(3,4)5/h8-9,12-15,19,21,23-24,26-27H,1,10-11,16-18H2,2-7H3,(H,36,43)(H,37,40)(H,38,42). The monoisotopic (exact) mass is 715 g/mol. The number of amides is 4. The van der Waals surface area contributed by atoms with E-state index >= 15 is 0 Å². The minimum Gasteiger partial charge on any atom is -0.497 e. The number of pyridine rings is 1. The van der Waals surface area contributed by atoms with Gasteiger partial charge in [-0.1, -0.05) is 6.08 Å². The summed E-state index contributed by atoms with van der Waals surface area (Å²) in [7, 11) is -0.968. The third-order valence-electron chi connectivity index (χ3n) is 9.09. The molecule has 0 spiro atoms. The van der Waals surface area contributed by atoms with Crippen molar-refractivity contribution in [1.29, 1.82) is 0 Å². The van der Waals surface area contributed by atoms with E-state index < -0.39 is 80.4 Å². The molecule has 2 saturated carbocycles. The van der Waals surface area contributed by atoms with Crippen molar-refractivity contribution in [2.45, 2.75) is 94.1 Å². The van der Waals surface area contributed by atoms with Crippen molar-refractivity contribution in [3.05, 3.63) is 43.1 Å². The highest BCUT2D eigenvalue weighted by molar-refractivity contribution is 7.91. The second-order valence-corrected chi connectivity index (χ2v) is 15.9. The van der Waals surface area contributed by atoms with Crippen molar-refractivity contribution in [2.75, 3.05) is 20.8 Å². The number of carbonyl (C=O) groups excluding carboxylic acids is 4. The van der Waals surface area contributed by atoms with Gasteiger partial charge in [0.25, 0.3) is 5.91 Å². The molecule has 0 bridgehead atoms. The summed E-state index contributed by atoms with van der Waals surface area (Å²) in [6.45, 7) is 10.3. The number of fused-ring (bicyclic) bond motifs is 1. The first-order chi connectivity index (χ1) is 23.5. The predicted octanol–water partition coefficient (Wildman–Crippen LogP) is 2.19. The van der Waals surface area contributed by atoms with Crippen molar-refractivity contribution < 1.29 is 46.5 Å². The molecule has 15 nitrogen and oxygen atoms in total. The fourth-order valence-electron chi connectivity index (χ4n) is 6.03. The molecule has 6 unspecified atom stereocenters. The average molecular weight is 716 g/mol. The molecular formula is C34H45N5O10S. The molecule has 1 saturated heterocycles. The summed E-state index contributed by atoms with van der Waals surface area (Å²) in [5, 5.41) is 6.15. The van der Waals surface area contributed by atoms with Crippen molar-refractivity contribution in [1.82, 2.24) is 25.2 Å². The highest BCUT2D eigenvalue weighted by Gasteiger charge is 2.62. The summed E-state index contributed by atoms with van der Waals surface area (Å²) in [4.78, 5) is 60.3. The van der Waals surface area contributed by atoms with Crippen molar-refractivity contribution in [3.8, 4) is 11.6 Å². The topological polar surface area (TPSA) is 192 Å². The highest BCUT2D eigenvalue weighted by Crippen LogP contribution is 2.45. The summed E-state index contributed by atoms with van der Waals surface area (Å²) < 4.78 is 49.9. The van der Waals surface area contributed by atoms with Gasteiger partial charge >= 0.3 is 6.09 Å². The van der Waals surface area contributed by atoms with Crippen molar-refractivity contribution in [3.63, 3.8) is 0 Å². The minimum atomic E-state index is -3.90. The van der Waals surface area contributed by atoms with Gasteiger partial charge in [0.05, 0.1) is 25.0 Å². The zero-order valence-electron chi connectivity index (χ0n) is 29.1. The van der Waals surface area contributed by atoms with Crippen LogP contribution in [0.2, 0.25) is 0 Å². The zero-order chi connectivity index (χ0) is 36.6.